The van der Waals surface area contributed by atoms with Crippen LogP contribution in [0.2, 0.25) is 0 Å². The average molecular weight is 390 g/mol. The molecule has 4 aromatic rings. The summed E-state index contributed by atoms with van der Waals surface area (Å²) in [5.74, 6) is -0.485. The highest BCUT2D eigenvalue weighted by molar-refractivity contribution is 7.13. The van der Waals surface area contributed by atoms with Crippen LogP contribution in [0, 0.1) is 0 Å². The lowest BCUT2D eigenvalue weighted by Gasteiger charge is -2.10. The Balaban J connectivity index is 1.57. The van der Waals surface area contributed by atoms with Gasteiger partial charge in [0.15, 0.2) is 11.5 Å². The lowest BCUT2D eigenvalue weighted by molar-refractivity contribution is 0.0955. The third-order valence-corrected chi connectivity index (χ3v) is 5.37. The van der Waals surface area contributed by atoms with E-state index in [1.807, 2.05) is 47.8 Å². The molecule has 2 aromatic heterocycles. The van der Waals surface area contributed by atoms with E-state index in [9.17, 15) is 15.0 Å². The number of fused-ring (bicyclic) bond motifs is 1. The molecule has 0 atom stereocenters. The van der Waals surface area contributed by atoms with Crippen molar-refractivity contribution in [2.75, 3.05) is 6.54 Å². The van der Waals surface area contributed by atoms with Gasteiger partial charge in [-0.05, 0) is 47.7 Å². The van der Waals surface area contributed by atoms with Gasteiger partial charge in [-0.2, -0.15) is 0 Å². The molecule has 0 bridgehead atoms. The predicted octanol–water partition coefficient (Wildman–Crippen LogP) is 4.35. The Hall–Kier alpha value is -3.38. The molecular weight excluding hydrogens is 372 g/mol. The van der Waals surface area contributed by atoms with Gasteiger partial charge in [-0.15, -0.1) is 11.3 Å². The van der Waals surface area contributed by atoms with Gasteiger partial charge in [0, 0.05) is 11.9 Å². The van der Waals surface area contributed by atoms with Crippen LogP contribution in [0.4, 0.5) is 0 Å². The first-order valence-corrected chi connectivity index (χ1v) is 9.72. The van der Waals surface area contributed by atoms with E-state index >= 15 is 0 Å². The summed E-state index contributed by atoms with van der Waals surface area (Å²) < 4.78 is 0. The van der Waals surface area contributed by atoms with Crippen LogP contribution in [0.15, 0.2) is 66.0 Å². The van der Waals surface area contributed by atoms with Gasteiger partial charge < -0.3 is 15.5 Å². The van der Waals surface area contributed by atoms with Crippen LogP contribution >= 0.6 is 11.3 Å². The zero-order valence-electron chi connectivity index (χ0n) is 14.9. The van der Waals surface area contributed by atoms with Crippen molar-refractivity contribution in [3.05, 3.63) is 77.2 Å². The number of nitrogens with one attached hydrogen (secondary N) is 1. The van der Waals surface area contributed by atoms with E-state index < -0.39 is 0 Å². The van der Waals surface area contributed by atoms with E-state index in [1.54, 1.807) is 17.4 Å². The fraction of sp³-hybridized carbons (Fsp3) is 0.0909. The smallest absolute Gasteiger partial charge is 0.252 e. The highest BCUT2D eigenvalue weighted by Crippen LogP contribution is 2.28. The van der Waals surface area contributed by atoms with Crippen LogP contribution in [-0.2, 0) is 6.42 Å². The monoisotopic (exact) mass is 390 g/mol. The second-order valence-corrected chi connectivity index (χ2v) is 7.33. The number of aromatic hydroxyl groups is 2. The molecule has 0 radical (unpaired) electrons. The van der Waals surface area contributed by atoms with Crippen molar-refractivity contribution in [2.24, 2.45) is 0 Å². The Morgan fingerprint density at radius 2 is 1.86 bits per heavy atom. The molecule has 0 unspecified atom stereocenters. The Morgan fingerprint density at radius 3 is 2.64 bits per heavy atom. The van der Waals surface area contributed by atoms with Gasteiger partial charge in [-0.25, -0.2) is 4.98 Å². The predicted molar refractivity (Wildman–Crippen MR) is 111 cm³/mol. The molecule has 6 heteroatoms. The summed E-state index contributed by atoms with van der Waals surface area (Å²) in [4.78, 5) is 18.6. The third-order valence-electron chi connectivity index (χ3n) is 4.47. The Kier molecular flexibility index (Phi) is 4.95. The van der Waals surface area contributed by atoms with Crippen molar-refractivity contribution >= 4 is 28.1 Å². The van der Waals surface area contributed by atoms with E-state index in [-0.39, 0.29) is 17.4 Å². The number of para-hydroxylation sites is 1. The van der Waals surface area contributed by atoms with Crippen molar-refractivity contribution < 1.29 is 15.0 Å². The van der Waals surface area contributed by atoms with Crippen LogP contribution in [0.1, 0.15) is 15.9 Å². The zero-order valence-corrected chi connectivity index (χ0v) is 15.7. The van der Waals surface area contributed by atoms with Crippen LogP contribution in [0.3, 0.4) is 0 Å². The molecule has 3 N–H and O–H groups in total. The zero-order chi connectivity index (χ0) is 19.5. The fourth-order valence-electron chi connectivity index (χ4n) is 3.05. The van der Waals surface area contributed by atoms with Crippen molar-refractivity contribution in [3.63, 3.8) is 0 Å². The van der Waals surface area contributed by atoms with Crippen molar-refractivity contribution in [1.29, 1.82) is 0 Å². The minimum Gasteiger partial charge on any atom is -0.504 e. The van der Waals surface area contributed by atoms with Gasteiger partial charge in [0.1, 0.15) is 0 Å². The molecule has 5 nitrogen and oxygen atoms in total. The minimum absolute atomic E-state index is 0.155. The van der Waals surface area contributed by atoms with Gasteiger partial charge in [-0.3, -0.25) is 4.79 Å². The minimum atomic E-state index is -0.167. The number of aromatic nitrogens is 1. The standard InChI is InChI=1S/C22H18N2O3S/c25-19-8-7-14(12-20(19)26)9-10-23-22(27)16-13-18(21-6-3-11-28-21)24-17-5-2-1-4-15(16)17/h1-8,11-13,25-26H,9-10H2,(H,23,27). The number of amides is 1. The molecule has 0 spiro atoms. The molecule has 0 aliphatic heterocycles. The van der Waals surface area contributed by atoms with Gasteiger partial charge in [0.25, 0.3) is 5.91 Å². The first kappa shape index (κ1) is 18.0. The SMILES string of the molecule is O=C(NCCc1ccc(O)c(O)c1)c1cc(-c2cccs2)nc2ccccc12. The van der Waals surface area contributed by atoms with Gasteiger partial charge in [-0.1, -0.05) is 30.3 Å². The topological polar surface area (TPSA) is 82.5 Å². The van der Waals surface area contributed by atoms with E-state index in [1.165, 1.54) is 12.1 Å². The van der Waals surface area contributed by atoms with Crippen molar-refractivity contribution in [3.8, 4) is 22.1 Å². The number of nitrogens with zero attached hydrogens (tertiary/aromatic N) is 1. The van der Waals surface area contributed by atoms with Crippen LogP contribution in [-0.4, -0.2) is 27.6 Å². The summed E-state index contributed by atoms with van der Waals surface area (Å²) in [7, 11) is 0. The molecule has 0 aliphatic rings. The first-order valence-electron chi connectivity index (χ1n) is 8.84. The number of hydrogen-bond donors (Lipinski definition) is 3. The number of thiophene rings is 1. The molecule has 2 aromatic carbocycles. The highest BCUT2D eigenvalue weighted by atomic mass is 32.1. The van der Waals surface area contributed by atoms with Crippen LogP contribution < -0.4 is 5.32 Å². The first-order chi connectivity index (χ1) is 13.6. The Morgan fingerprint density at radius 1 is 1.00 bits per heavy atom. The summed E-state index contributed by atoms with van der Waals surface area (Å²) >= 11 is 1.58. The fourth-order valence-corrected chi connectivity index (χ4v) is 3.74. The maximum Gasteiger partial charge on any atom is 0.252 e. The second-order valence-electron chi connectivity index (χ2n) is 6.38. The summed E-state index contributed by atoms with van der Waals surface area (Å²) in [6, 6.07) is 18.0. The lowest BCUT2D eigenvalue weighted by Crippen LogP contribution is -2.26. The van der Waals surface area contributed by atoms with Crippen LogP contribution in [0.25, 0.3) is 21.5 Å². The summed E-state index contributed by atoms with van der Waals surface area (Å²) in [6.45, 7) is 0.411. The summed E-state index contributed by atoms with van der Waals surface area (Å²) in [5.41, 5.74) is 2.97. The second kappa shape index (κ2) is 7.70. The van der Waals surface area contributed by atoms with E-state index in [0.29, 0.717) is 18.5 Å². The number of benzene rings is 2. The molecule has 2 heterocycles. The molecule has 28 heavy (non-hydrogen) atoms. The van der Waals surface area contributed by atoms with Gasteiger partial charge in [0.05, 0.1) is 21.7 Å². The van der Waals surface area contributed by atoms with Crippen LogP contribution in [0.5, 0.6) is 11.5 Å². The number of phenolic OH excluding ortho intramolecular Hbond substituents is 2. The van der Waals surface area contributed by atoms with E-state index in [4.69, 9.17) is 0 Å². The Bertz CT molecular complexity index is 1140. The summed E-state index contributed by atoms with van der Waals surface area (Å²) in [6.07, 6.45) is 0.542. The normalized spacial score (nSPS) is 10.9. The molecule has 0 saturated heterocycles. The summed E-state index contributed by atoms with van der Waals surface area (Å²) in [5, 5.41) is 24.7. The highest BCUT2D eigenvalue weighted by Gasteiger charge is 2.14. The lowest BCUT2D eigenvalue weighted by atomic mass is 10.1. The number of rotatable bonds is 5. The maximum absolute atomic E-state index is 12.9. The molecule has 1 amide bonds. The van der Waals surface area contributed by atoms with Gasteiger partial charge >= 0.3 is 0 Å². The average Bonchev–Trinajstić information content (AvgIpc) is 3.24. The number of carbonyl (C=O) groups is 1. The number of carbonyl (C=O) groups excluding carboxylic acids is 1. The number of pyridine rings is 1. The van der Waals surface area contributed by atoms with Crippen molar-refractivity contribution in [1.82, 2.24) is 10.3 Å². The molecule has 140 valence electrons. The quantitative estimate of drug-likeness (QED) is 0.443. The number of hydrogen-bond acceptors (Lipinski definition) is 5. The van der Waals surface area contributed by atoms with Crippen molar-refractivity contribution in [2.45, 2.75) is 6.42 Å². The largest absolute Gasteiger partial charge is 0.504 e. The molecule has 0 aliphatic carbocycles. The Labute approximate surface area is 165 Å². The number of phenols is 2. The molecule has 4 rings (SSSR count). The molecule has 0 fully saturated rings. The third kappa shape index (κ3) is 3.68. The molecular formula is C22H18N2O3S. The maximum atomic E-state index is 12.9. The van der Waals surface area contributed by atoms with E-state index in [0.717, 1.165) is 27.0 Å². The van der Waals surface area contributed by atoms with E-state index in [2.05, 4.69) is 10.3 Å². The molecule has 0 saturated carbocycles. The van der Waals surface area contributed by atoms with Gasteiger partial charge in [0.2, 0.25) is 0 Å².